The van der Waals surface area contributed by atoms with Crippen LogP contribution in [0, 0.1) is 12.7 Å². The van der Waals surface area contributed by atoms with Gasteiger partial charge in [-0.15, -0.1) is 0 Å². The van der Waals surface area contributed by atoms with E-state index in [1.54, 1.807) is 13.0 Å². The Bertz CT molecular complexity index is 525. The zero-order valence-electron chi connectivity index (χ0n) is 13.6. The number of carbonyl (C=O) groups excluding carboxylic acids is 1. The first-order valence-corrected chi connectivity index (χ1v) is 8.26. The molecule has 0 spiro atoms. The van der Waals surface area contributed by atoms with E-state index in [1.165, 1.54) is 12.1 Å². The Morgan fingerprint density at radius 2 is 2.26 bits per heavy atom. The maximum absolute atomic E-state index is 13.0. The van der Waals surface area contributed by atoms with Crippen LogP contribution in [0.25, 0.3) is 0 Å². The number of rotatable bonds is 7. The highest BCUT2D eigenvalue weighted by Crippen LogP contribution is 2.17. The number of amides is 2. The molecule has 0 aliphatic carbocycles. The van der Waals surface area contributed by atoms with E-state index in [0.29, 0.717) is 23.8 Å². The number of aryl methyl sites for hydroxylation is 1. The molecule has 1 aliphatic rings. The van der Waals surface area contributed by atoms with Gasteiger partial charge in [0.05, 0.1) is 6.61 Å². The number of anilines is 1. The molecule has 23 heavy (non-hydrogen) atoms. The minimum absolute atomic E-state index is 0.234. The lowest BCUT2D eigenvalue weighted by molar-refractivity contribution is 0.157. The van der Waals surface area contributed by atoms with Gasteiger partial charge in [0.1, 0.15) is 5.82 Å². The Labute approximate surface area is 136 Å². The third-order valence-corrected chi connectivity index (χ3v) is 4.30. The Morgan fingerprint density at radius 3 is 3.00 bits per heavy atom. The molecule has 0 saturated carbocycles. The zero-order valence-corrected chi connectivity index (χ0v) is 13.6. The summed E-state index contributed by atoms with van der Waals surface area (Å²) in [6.45, 7) is 4.61. The Morgan fingerprint density at radius 1 is 1.43 bits per heavy atom. The highest BCUT2D eigenvalue weighted by molar-refractivity contribution is 5.89. The molecule has 1 fully saturated rings. The number of benzene rings is 1. The van der Waals surface area contributed by atoms with Crippen molar-refractivity contribution in [3.8, 4) is 0 Å². The lowest BCUT2D eigenvalue weighted by Crippen LogP contribution is -2.34. The second-order valence-electron chi connectivity index (χ2n) is 6.06. The molecule has 0 bridgehead atoms. The number of nitrogens with one attached hydrogen (secondary N) is 2. The number of hydrogen-bond acceptors (Lipinski definition) is 3. The second kappa shape index (κ2) is 8.84. The molecule has 2 amide bonds. The van der Waals surface area contributed by atoms with Crippen molar-refractivity contribution in [1.29, 1.82) is 0 Å². The molecule has 1 atom stereocenters. The van der Waals surface area contributed by atoms with Gasteiger partial charge >= 0.3 is 6.03 Å². The molecule has 1 heterocycles. The van der Waals surface area contributed by atoms with Gasteiger partial charge < -0.3 is 15.7 Å². The summed E-state index contributed by atoms with van der Waals surface area (Å²) in [6.07, 6.45) is 4.12. The third kappa shape index (κ3) is 5.48. The number of nitrogens with zero attached hydrogens (tertiary/aromatic N) is 1. The fourth-order valence-corrected chi connectivity index (χ4v) is 2.97. The van der Waals surface area contributed by atoms with Gasteiger partial charge in [-0.25, -0.2) is 9.18 Å². The number of hydrogen-bond donors (Lipinski definition) is 3. The predicted molar refractivity (Wildman–Crippen MR) is 89.1 cm³/mol. The van der Waals surface area contributed by atoms with Crippen LogP contribution in [-0.2, 0) is 0 Å². The van der Waals surface area contributed by atoms with Crippen molar-refractivity contribution in [2.24, 2.45) is 0 Å². The summed E-state index contributed by atoms with van der Waals surface area (Å²) in [5.41, 5.74) is 1.32. The second-order valence-corrected chi connectivity index (χ2v) is 6.06. The molecule has 1 unspecified atom stereocenters. The molecule has 1 aromatic carbocycles. The van der Waals surface area contributed by atoms with E-state index < -0.39 is 0 Å². The van der Waals surface area contributed by atoms with Crippen molar-refractivity contribution >= 4 is 11.7 Å². The molecule has 5 nitrogen and oxygen atoms in total. The first-order chi connectivity index (χ1) is 11.1. The largest absolute Gasteiger partial charge is 0.395 e. The topological polar surface area (TPSA) is 64.6 Å². The highest BCUT2D eigenvalue weighted by Gasteiger charge is 2.22. The molecule has 0 radical (unpaired) electrons. The Kier molecular flexibility index (Phi) is 6.80. The molecule has 6 heteroatoms. The van der Waals surface area contributed by atoms with E-state index >= 15 is 0 Å². The minimum Gasteiger partial charge on any atom is -0.395 e. The molecule has 1 aromatic rings. The number of aliphatic hydroxyl groups is 1. The fourth-order valence-electron chi connectivity index (χ4n) is 2.97. The van der Waals surface area contributed by atoms with Gasteiger partial charge in [-0.3, -0.25) is 4.90 Å². The summed E-state index contributed by atoms with van der Waals surface area (Å²) < 4.78 is 13.0. The van der Waals surface area contributed by atoms with Gasteiger partial charge in [0.25, 0.3) is 0 Å². The first kappa shape index (κ1) is 17.7. The summed E-state index contributed by atoms with van der Waals surface area (Å²) >= 11 is 0. The highest BCUT2D eigenvalue weighted by atomic mass is 19.1. The SMILES string of the molecule is Cc1cc(F)ccc1NC(=O)NCCCCN1CCCC1CO. The van der Waals surface area contributed by atoms with Crippen LogP contribution in [0.3, 0.4) is 0 Å². The zero-order chi connectivity index (χ0) is 16.7. The maximum Gasteiger partial charge on any atom is 0.319 e. The van der Waals surface area contributed by atoms with E-state index in [1.807, 2.05) is 0 Å². The van der Waals surface area contributed by atoms with Crippen molar-refractivity contribution in [2.75, 3.05) is 31.6 Å². The number of unbranched alkanes of at least 4 members (excludes halogenated alkanes) is 1. The van der Waals surface area contributed by atoms with Crippen LogP contribution in [0.4, 0.5) is 14.9 Å². The van der Waals surface area contributed by atoms with E-state index in [-0.39, 0.29) is 18.5 Å². The quantitative estimate of drug-likeness (QED) is 0.676. The molecule has 0 aromatic heterocycles. The van der Waals surface area contributed by atoms with Crippen LogP contribution in [-0.4, -0.2) is 48.3 Å². The summed E-state index contributed by atoms with van der Waals surface area (Å²) in [7, 11) is 0. The lowest BCUT2D eigenvalue weighted by Gasteiger charge is -2.22. The third-order valence-electron chi connectivity index (χ3n) is 4.30. The van der Waals surface area contributed by atoms with Crippen LogP contribution < -0.4 is 10.6 Å². The average Bonchev–Trinajstić information content (AvgIpc) is 2.97. The monoisotopic (exact) mass is 323 g/mol. The van der Waals surface area contributed by atoms with Crippen molar-refractivity contribution in [2.45, 2.75) is 38.6 Å². The molecule has 2 rings (SSSR count). The molecule has 1 saturated heterocycles. The Hall–Kier alpha value is -1.66. The summed E-state index contributed by atoms with van der Waals surface area (Å²) in [5, 5.41) is 14.8. The molecular weight excluding hydrogens is 297 g/mol. The predicted octanol–water partition coefficient (Wildman–Crippen LogP) is 2.49. The van der Waals surface area contributed by atoms with Crippen molar-refractivity contribution < 1.29 is 14.3 Å². The fraction of sp³-hybridized carbons (Fsp3) is 0.588. The van der Waals surface area contributed by atoms with Gasteiger partial charge in [0.15, 0.2) is 0 Å². The van der Waals surface area contributed by atoms with Gasteiger partial charge in [-0.05, 0) is 69.5 Å². The number of aliphatic hydroxyl groups excluding tert-OH is 1. The van der Waals surface area contributed by atoms with Crippen LogP contribution in [0.5, 0.6) is 0 Å². The number of likely N-dealkylation sites (tertiary alicyclic amines) is 1. The van der Waals surface area contributed by atoms with Crippen molar-refractivity contribution in [3.63, 3.8) is 0 Å². The normalized spacial score (nSPS) is 18.1. The maximum atomic E-state index is 13.0. The van der Waals surface area contributed by atoms with Crippen LogP contribution in [0.2, 0.25) is 0 Å². The average molecular weight is 323 g/mol. The van der Waals surface area contributed by atoms with Gasteiger partial charge in [0, 0.05) is 18.3 Å². The van der Waals surface area contributed by atoms with Gasteiger partial charge in [-0.1, -0.05) is 0 Å². The summed E-state index contributed by atoms with van der Waals surface area (Å²) in [4.78, 5) is 14.1. The number of halogens is 1. The first-order valence-electron chi connectivity index (χ1n) is 8.26. The van der Waals surface area contributed by atoms with E-state index in [2.05, 4.69) is 15.5 Å². The van der Waals surface area contributed by atoms with E-state index in [9.17, 15) is 14.3 Å². The Balaban J connectivity index is 1.61. The van der Waals surface area contributed by atoms with Crippen LogP contribution in [0.1, 0.15) is 31.2 Å². The summed E-state index contributed by atoms with van der Waals surface area (Å²) in [5.74, 6) is -0.309. The van der Waals surface area contributed by atoms with E-state index in [0.717, 1.165) is 38.8 Å². The van der Waals surface area contributed by atoms with Crippen LogP contribution >= 0.6 is 0 Å². The smallest absolute Gasteiger partial charge is 0.319 e. The van der Waals surface area contributed by atoms with Gasteiger partial charge in [-0.2, -0.15) is 0 Å². The van der Waals surface area contributed by atoms with Gasteiger partial charge in [0.2, 0.25) is 0 Å². The van der Waals surface area contributed by atoms with Crippen LogP contribution in [0.15, 0.2) is 18.2 Å². The lowest BCUT2D eigenvalue weighted by atomic mass is 10.2. The molecule has 3 N–H and O–H groups in total. The number of carbonyl (C=O) groups is 1. The molecular formula is C17H26FN3O2. The minimum atomic E-state index is -0.309. The molecule has 128 valence electrons. The molecule has 1 aliphatic heterocycles. The number of urea groups is 1. The van der Waals surface area contributed by atoms with Crippen molar-refractivity contribution in [3.05, 3.63) is 29.6 Å². The summed E-state index contributed by atoms with van der Waals surface area (Å²) in [6, 6.07) is 4.33. The van der Waals surface area contributed by atoms with Crippen molar-refractivity contribution in [1.82, 2.24) is 10.2 Å². The standard InChI is InChI=1S/C17H26FN3O2/c1-13-11-14(18)6-7-16(13)20-17(23)19-8-2-3-9-21-10-4-5-15(21)12-22/h6-7,11,15,22H,2-5,8-10,12H2,1H3,(H2,19,20,23). The van der Waals surface area contributed by atoms with E-state index in [4.69, 9.17) is 0 Å².